The Labute approximate surface area is 274 Å². The van der Waals surface area contributed by atoms with E-state index in [9.17, 15) is 0 Å². The van der Waals surface area contributed by atoms with Gasteiger partial charge in [-0.15, -0.1) is 0 Å². The Morgan fingerprint density at radius 1 is 0.439 bits per heavy atom. The third-order valence-corrected chi connectivity index (χ3v) is 107. The van der Waals surface area contributed by atoms with Crippen LogP contribution in [0.5, 0.6) is 0 Å². The van der Waals surface area contributed by atoms with Crippen LogP contribution in [0.25, 0.3) is 0 Å². The van der Waals surface area contributed by atoms with Crippen molar-refractivity contribution in [3.63, 3.8) is 0 Å². The molecule has 0 radical (unpaired) electrons. The maximum absolute atomic E-state index is 8.34. The van der Waals surface area contributed by atoms with Gasteiger partial charge >= 0.3 is 278 Å². The van der Waals surface area contributed by atoms with Crippen LogP contribution in [0.4, 0.5) is 0 Å². The van der Waals surface area contributed by atoms with Crippen molar-refractivity contribution in [2.45, 2.75) is 151 Å². The van der Waals surface area contributed by atoms with Gasteiger partial charge in [0.25, 0.3) is 0 Å². The number of hydrogen-bond donors (Lipinski definition) is 0. The van der Waals surface area contributed by atoms with E-state index in [2.05, 4.69) is 59.3 Å². The SMILES string of the molecule is [CH3][Sn]([CH3])([CH3])[CH](C12C[C@@H]3CC(CB1OB1CC4C[C@@H]5C[C@H](C4)CC1([CH]([Sn]([CH3])([CH3])[CH3])[Sn]([CH3])([CH3])[CH3])C5)C[C@@H](C3)C2)[Sn]([CH3])([CH3])[CH3]. The second-order valence-corrected chi connectivity index (χ2v) is 91.8. The van der Waals surface area contributed by atoms with E-state index in [0.717, 1.165) is 39.4 Å². The van der Waals surface area contributed by atoms with E-state index >= 15 is 0 Å². The average Bonchev–Trinajstić information content (AvgIpc) is 2.98. The Hall–Kier alpha value is 3.28. The summed E-state index contributed by atoms with van der Waals surface area (Å²) in [6, 6.07) is 0. The summed E-state index contributed by atoms with van der Waals surface area (Å²) >= 11 is -8.96. The Balaban J connectivity index is 1.48. The van der Waals surface area contributed by atoms with Crippen LogP contribution in [0.1, 0.15) is 64.2 Å². The van der Waals surface area contributed by atoms with E-state index in [0.29, 0.717) is 24.5 Å². The number of rotatable bonds is 8. The van der Waals surface area contributed by atoms with E-state index in [4.69, 9.17) is 4.57 Å². The summed E-state index contributed by atoms with van der Waals surface area (Å²) in [6.07, 6.45) is 18.6. The molecule has 1 nitrogen and oxygen atoms in total. The minimum absolute atomic E-state index is 0.553. The first-order valence-electron chi connectivity index (χ1n) is 18.4. The molecule has 4 aliphatic heterocycles. The van der Waals surface area contributed by atoms with Crippen molar-refractivity contribution in [3.05, 3.63) is 0 Å². The van der Waals surface area contributed by atoms with E-state index in [1.807, 2.05) is 0 Å². The van der Waals surface area contributed by atoms with Crippen LogP contribution >= 0.6 is 0 Å². The Morgan fingerprint density at radius 3 is 0.927 bits per heavy atom. The molecule has 0 N–H and O–H groups in total. The molecule has 4 saturated carbocycles. The van der Waals surface area contributed by atoms with Gasteiger partial charge < -0.3 is 0 Å². The normalized spacial score (nSPS) is 41.1. The zero-order valence-corrected chi connectivity index (χ0v) is 41.1. The van der Waals surface area contributed by atoms with Gasteiger partial charge in [-0.05, 0) is 0 Å². The van der Waals surface area contributed by atoms with Gasteiger partial charge in [-0.2, -0.15) is 0 Å². The van der Waals surface area contributed by atoms with Gasteiger partial charge in [0.2, 0.25) is 0 Å². The first kappa shape index (κ1) is 34.2. The molecule has 8 bridgehead atoms. The van der Waals surface area contributed by atoms with E-state index in [1.165, 1.54) is 12.6 Å². The molecule has 8 atom stereocenters. The zero-order chi connectivity index (χ0) is 30.0. The Morgan fingerprint density at radius 2 is 0.683 bits per heavy atom. The van der Waals surface area contributed by atoms with Gasteiger partial charge in [-0.1, -0.05) is 0 Å². The first-order valence-corrected chi connectivity index (χ1v) is 59.2. The van der Waals surface area contributed by atoms with Crippen molar-refractivity contribution in [2.75, 3.05) is 0 Å². The summed E-state index contributed by atoms with van der Waals surface area (Å²) in [5, 5.41) is 1.11. The van der Waals surface area contributed by atoms with Crippen LogP contribution in [0.2, 0.25) is 86.4 Å². The third-order valence-electron chi connectivity index (χ3n) is 14.0. The predicted molar refractivity (Wildman–Crippen MR) is 196 cm³/mol. The molecular formula is C34H68B2OSn4. The van der Waals surface area contributed by atoms with Crippen LogP contribution < -0.4 is 0 Å². The van der Waals surface area contributed by atoms with Crippen molar-refractivity contribution in [3.8, 4) is 0 Å². The zero-order valence-electron chi connectivity index (χ0n) is 29.7. The van der Waals surface area contributed by atoms with Crippen molar-refractivity contribution >= 4 is 87.3 Å². The summed E-state index contributed by atoms with van der Waals surface area (Å²) in [5.74, 6) is 6.09. The number of fused-ring (bicyclic) bond motifs is 2. The molecular weight excluding hydrogens is 921 g/mol. The van der Waals surface area contributed by atoms with Gasteiger partial charge in [0.1, 0.15) is 0 Å². The fraction of sp³-hybridized carbons (Fsp3) is 1.00. The molecule has 8 rings (SSSR count). The molecule has 232 valence electrons. The molecule has 8 aliphatic rings. The molecule has 8 fully saturated rings. The summed E-state index contributed by atoms with van der Waals surface area (Å²) in [6.45, 7) is 1.20. The molecule has 0 amide bonds. The topological polar surface area (TPSA) is 9.23 Å². The summed E-state index contributed by atoms with van der Waals surface area (Å²) in [7, 11) is 0. The van der Waals surface area contributed by atoms with Crippen molar-refractivity contribution in [1.82, 2.24) is 0 Å². The van der Waals surface area contributed by atoms with Crippen LogP contribution in [-0.2, 0) is 4.57 Å². The molecule has 4 saturated heterocycles. The first-order chi connectivity index (χ1) is 18.7. The maximum atomic E-state index is 8.34. The monoisotopic (exact) mass is 994 g/mol. The quantitative estimate of drug-likeness (QED) is 0.220. The van der Waals surface area contributed by atoms with Gasteiger partial charge in [-0.25, -0.2) is 0 Å². The molecule has 7 heteroatoms. The van der Waals surface area contributed by atoms with Crippen LogP contribution in [0.15, 0.2) is 0 Å². The minimum atomic E-state index is -2.24. The second kappa shape index (κ2) is 11.4. The molecule has 4 heterocycles. The molecule has 4 aliphatic carbocycles. The molecule has 0 aromatic heterocycles. The van der Waals surface area contributed by atoms with Gasteiger partial charge in [0, 0.05) is 0 Å². The fourth-order valence-corrected chi connectivity index (χ4v) is 155. The molecule has 0 aromatic carbocycles. The Kier molecular flexibility index (Phi) is 9.52. The standard InChI is InChI=1S/C22H32B2O.12CH3.4Sn/c1-21-9-15-3-16(10-21)6-19(5-15)13-23(21)25-24-14-20-7-17-4-18(8-20)12-22(24,2)11-17;;;;;;;;;;;;;;;;/h1-2,15-20H,3-14H2;12*1H3;;;;/t15-,16+,17-,18+,19?,20?,21?,22?;;;;;;;;;;;;;;;;. The number of hydrogen-bond acceptors (Lipinski definition) is 1. The summed E-state index contributed by atoms with van der Waals surface area (Å²) < 4.78 is 10.6. The second-order valence-electron chi connectivity index (χ2n) is 21.8. The molecule has 0 spiro atoms. The molecule has 0 aromatic rings. The van der Waals surface area contributed by atoms with Gasteiger partial charge in [0.15, 0.2) is 0 Å². The Bertz CT molecular complexity index is 857. The summed E-state index contributed by atoms with van der Waals surface area (Å²) in [4.78, 5) is 34.3. The van der Waals surface area contributed by atoms with E-state index in [1.54, 1.807) is 64.2 Å². The van der Waals surface area contributed by atoms with E-state index in [-0.39, 0.29) is 0 Å². The third kappa shape index (κ3) is 6.41. The van der Waals surface area contributed by atoms with Crippen LogP contribution in [0, 0.1) is 35.5 Å². The summed E-state index contributed by atoms with van der Waals surface area (Å²) in [5.41, 5.74) is 0. The van der Waals surface area contributed by atoms with Crippen molar-refractivity contribution in [2.24, 2.45) is 35.5 Å². The van der Waals surface area contributed by atoms with Crippen LogP contribution in [-0.4, -0.2) is 87.3 Å². The van der Waals surface area contributed by atoms with Gasteiger partial charge in [-0.3, -0.25) is 0 Å². The molecule has 4 unspecified atom stereocenters. The van der Waals surface area contributed by atoms with Crippen LogP contribution in [0.3, 0.4) is 0 Å². The predicted octanol–water partition coefficient (Wildman–Crippen LogP) is 11.3. The average molecular weight is 989 g/mol. The van der Waals surface area contributed by atoms with E-state index < -0.39 is 73.5 Å². The van der Waals surface area contributed by atoms with Gasteiger partial charge in [0.05, 0.1) is 0 Å². The fourth-order valence-electron chi connectivity index (χ4n) is 15.8. The van der Waals surface area contributed by atoms with Crippen molar-refractivity contribution < 1.29 is 4.57 Å². The van der Waals surface area contributed by atoms with Crippen molar-refractivity contribution in [1.29, 1.82) is 0 Å². The molecule has 41 heavy (non-hydrogen) atoms.